The van der Waals surface area contributed by atoms with E-state index in [4.69, 9.17) is 4.74 Å². The Balaban J connectivity index is 1.62. The van der Waals surface area contributed by atoms with Crippen molar-refractivity contribution in [2.45, 2.75) is 23.7 Å². The number of nitrogens with zero attached hydrogens (tertiary/aromatic N) is 3. The van der Waals surface area contributed by atoms with Crippen molar-refractivity contribution < 1.29 is 20.1 Å². The van der Waals surface area contributed by atoms with Gasteiger partial charge in [-0.3, -0.25) is 0 Å². The molecular weight excluding hydrogens is 354 g/mol. The minimum atomic E-state index is -1.19. The molecule has 0 saturated carbocycles. The lowest BCUT2D eigenvalue weighted by atomic mass is 10.1. The second-order valence-electron chi connectivity index (χ2n) is 6.28. The molecule has 3 N–H and O–H groups in total. The van der Waals surface area contributed by atoms with E-state index in [0.29, 0.717) is 11.4 Å². The van der Waals surface area contributed by atoms with Crippen molar-refractivity contribution >= 4 is 22.5 Å². The first-order valence-corrected chi connectivity index (χ1v) is 9.27. The Labute approximate surface area is 154 Å². The highest BCUT2D eigenvalue weighted by Crippen LogP contribution is 2.35. The van der Waals surface area contributed by atoms with Gasteiger partial charge in [0.2, 0.25) is 0 Å². The zero-order chi connectivity index (χ0) is 18.3. The van der Waals surface area contributed by atoms with E-state index in [2.05, 4.69) is 10.3 Å². The van der Waals surface area contributed by atoms with Gasteiger partial charge in [-0.1, -0.05) is 23.4 Å². The highest BCUT2D eigenvalue weighted by Gasteiger charge is 2.38. The summed E-state index contributed by atoms with van der Waals surface area (Å²) in [5, 5.41) is 39.7. The van der Waals surface area contributed by atoms with E-state index in [9.17, 15) is 15.3 Å². The number of aliphatic hydroxyl groups is 3. The van der Waals surface area contributed by atoms with E-state index >= 15 is 0 Å². The zero-order valence-corrected chi connectivity index (χ0v) is 14.9. The molecule has 7 nitrogen and oxygen atoms in total. The molecule has 4 rings (SSSR count). The van der Waals surface area contributed by atoms with Crippen LogP contribution < -0.4 is 4.74 Å². The minimum absolute atomic E-state index is 0.329. The summed E-state index contributed by atoms with van der Waals surface area (Å²) < 4.78 is 6.78. The predicted molar refractivity (Wildman–Crippen MR) is 99.0 cm³/mol. The molecule has 0 bridgehead atoms. The standard InChI is InChI=1S/C18H19N3O4S/c1-25-13-5-4-10-6-12(3-2-11(10)7-13)14-8-21(20-19-14)18-17(24)16(23)15(22)9-26-18/h2-8,15-18,22-24H,9H2,1H3/t15-,16+,17-,18-/m1/s1. The van der Waals surface area contributed by atoms with Gasteiger partial charge in [-0.05, 0) is 29.0 Å². The molecule has 0 radical (unpaired) electrons. The quantitative estimate of drug-likeness (QED) is 0.639. The molecule has 2 aromatic carbocycles. The van der Waals surface area contributed by atoms with Gasteiger partial charge in [0.1, 0.15) is 29.0 Å². The Morgan fingerprint density at radius 1 is 1.08 bits per heavy atom. The van der Waals surface area contributed by atoms with Crippen molar-refractivity contribution in [3.8, 4) is 17.0 Å². The lowest BCUT2D eigenvalue weighted by molar-refractivity contribution is -0.0643. The number of benzene rings is 2. The van der Waals surface area contributed by atoms with Gasteiger partial charge in [-0.15, -0.1) is 16.9 Å². The molecule has 26 heavy (non-hydrogen) atoms. The second kappa shape index (κ2) is 6.88. The Bertz CT molecular complexity index is 932. The molecule has 0 amide bonds. The van der Waals surface area contributed by atoms with Crippen molar-refractivity contribution in [1.82, 2.24) is 15.0 Å². The summed E-state index contributed by atoms with van der Waals surface area (Å²) in [4.78, 5) is 0. The molecule has 0 unspecified atom stereocenters. The third kappa shape index (κ3) is 3.05. The Morgan fingerprint density at radius 3 is 2.65 bits per heavy atom. The van der Waals surface area contributed by atoms with E-state index < -0.39 is 23.7 Å². The SMILES string of the molecule is COc1ccc2cc(-c3cn([C@@H]4SC[C@@H](O)[C@H](O)[C@H]4O)nn3)ccc2c1. The van der Waals surface area contributed by atoms with Crippen molar-refractivity contribution in [1.29, 1.82) is 0 Å². The van der Waals surface area contributed by atoms with E-state index in [1.165, 1.54) is 16.4 Å². The third-order valence-electron chi connectivity index (χ3n) is 4.59. The first-order valence-electron chi connectivity index (χ1n) is 8.22. The summed E-state index contributed by atoms with van der Waals surface area (Å²) >= 11 is 1.34. The number of hydrogen-bond acceptors (Lipinski definition) is 7. The lowest BCUT2D eigenvalue weighted by Crippen LogP contribution is -2.47. The van der Waals surface area contributed by atoms with Gasteiger partial charge in [-0.2, -0.15) is 0 Å². The van der Waals surface area contributed by atoms with Crippen LogP contribution in [0.25, 0.3) is 22.0 Å². The fraction of sp³-hybridized carbons (Fsp3) is 0.333. The molecular formula is C18H19N3O4S. The smallest absolute Gasteiger partial charge is 0.127 e. The second-order valence-corrected chi connectivity index (χ2v) is 7.43. The number of aliphatic hydroxyl groups excluding tert-OH is 3. The summed E-state index contributed by atoms with van der Waals surface area (Å²) in [5.74, 6) is 1.14. The Morgan fingerprint density at radius 2 is 1.85 bits per heavy atom. The van der Waals surface area contributed by atoms with Gasteiger partial charge in [-0.25, -0.2) is 4.68 Å². The fourth-order valence-corrected chi connectivity index (χ4v) is 4.27. The van der Waals surface area contributed by atoms with E-state index in [0.717, 1.165) is 22.1 Å². The van der Waals surface area contributed by atoms with Crippen LogP contribution in [-0.2, 0) is 0 Å². The number of rotatable bonds is 3. The van der Waals surface area contributed by atoms with Crippen molar-refractivity contribution in [3.05, 3.63) is 42.6 Å². The number of fused-ring (bicyclic) bond motifs is 1. The van der Waals surface area contributed by atoms with Gasteiger partial charge in [0.25, 0.3) is 0 Å². The molecule has 136 valence electrons. The fourth-order valence-electron chi connectivity index (χ4n) is 3.07. The monoisotopic (exact) mass is 373 g/mol. The highest BCUT2D eigenvalue weighted by molar-refractivity contribution is 7.99. The largest absolute Gasteiger partial charge is 0.497 e. The average molecular weight is 373 g/mol. The third-order valence-corrected chi connectivity index (χ3v) is 5.96. The molecule has 1 aliphatic rings. The molecule has 1 fully saturated rings. The van der Waals surface area contributed by atoms with Crippen LogP contribution in [0.4, 0.5) is 0 Å². The molecule has 1 saturated heterocycles. The average Bonchev–Trinajstić information content (AvgIpc) is 3.15. The molecule has 4 atom stereocenters. The van der Waals surface area contributed by atoms with Gasteiger partial charge in [0, 0.05) is 11.3 Å². The summed E-state index contributed by atoms with van der Waals surface area (Å²) in [7, 11) is 1.64. The number of thioether (sulfide) groups is 1. The van der Waals surface area contributed by atoms with Crippen LogP contribution in [0.5, 0.6) is 5.75 Å². The first kappa shape index (κ1) is 17.3. The Hall–Kier alpha value is -2.13. The van der Waals surface area contributed by atoms with Crippen molar-refractivity contribution in [3.63, 3.8) is 0 Å². The van der Waals surface area contributed by atoms with E-state index in [1.807, 2.05) is 36.4 Å². The topological polar surface area (TPSA) is 101 Å². The van der Waals surface area contributed by atoms with Gasteiger partial charge < -0.3 is 20.1 Å². The van der Waals surface area contributed by atoms with Gasteiger partial charge in [0.05, 0.1) is 19.4 Å². The van der Waals surface area contributed by atoms with Gasteiger partial charge in [0.15, 0.2) is 0 Å². The molecule has 1 aromatic heterocycles. The highest BCUT2D eigenvalue weighted by atomic mass is 32.2. The van der Waals surface area contributed by atoms with E-state index in [1.54, 1.807) is 13.3 Å². The van der Waals surface area contributed by atoms with Crippen LogP contribution in [0, 0.1) is 0 Å². The first-order chi connectivity index (χ1) is 12.6. The summed E-state index contributed by atoms with van der Waals surface area (Å²) in [6.45, 7) is 0. The van der Waals surface area contributed by atoms with Crippen LogP contribution in [-0.4, -0.2) is 61.5 Å². The van der Waals surface area contributed by atoms with Gasteiger partial charge >= 0.3 is 0 Å². The van der Waals surface area contributed by atoms with Crippen LogP contribution in [0.2, 0.25) is 0 Å². The molecule has 1 aliphatic heterocycles. The summed E-state index contributed by atoms with van der Waals surface area (Å²) in [6, 6.07) is 11.8. The molecule has 0 aliphatic carbocycles. The van der Waals surface area contributed by atoms with Crippen molar-refractivity contribution in [2.75, 3.05) is 12.9 Å². The van der Waals surface area contributed by atoms with Crippen LogP contribution >= 0.6 is 11.8 Å². The molecule has 3 aromatic rings. The number of hydrogen-bond donors (Lipinski definition) is 3. The molecule has 8 heteroatoms. The maximum absolute atomic E-state index is 10.2. The minimum Gasteiger partial charge on any atom is -0.497 e. The summed E-state index contributed by atoms with van der Waals surface area (Å²) in [5.41, 5.74) is 1.58. The summed E-state index contributed by atoms with van der Waals surface area (Å²) in [6.07, 6.45) is -1.49. The number of methoxy groups -OCH3 is 1. The maximum atomic E-state index is 10.2. The number of ether oxygens (including phenoxy) is 1. The lowest BCUT2D eigenvalue weighted by Gasteiger charge is -2.34. The van der Waals surface area contributed by atoms with E-state index in [-0.39, 0.29) is 0 Å². The van der Waals surface area contributed by atoms with Crippen LogP contribution in [0.15, 0.2) is 42.6 Å². The molecule has 0 spiro atoms. The predicted octanol–water partition coefficient (Wildman–Crippen LogP) is 1.43. The maximum Gasteiger partial charge on any atom is 0.127 e. The Kier molecular flexibility index (Phi) is 4.58. The number of aromatic nitrogens is 3. The molecule has 2 heterocycles. The normalized spacial score (nSPS) is 26.2. The van der Waals surface area contributed by atoms with Crippen molar-refractivity contribution in [2.24, 2.45) is 0 Å². The van der Waals surface area contributed by atoms with Crippen LogP contribution in [0.3, 0.4) is 0 Å². The van der Waals surface area contributed by atoms with Crippen LogP contribution in [0.1, 0.15) is 5.37 Å². The zero-order valence-electron chi connectivity index (χ0n) is 14.1.